The Morgan fingerprint density at radius 1 is 1.44 bits per heavy atom. The zero-order valence-electron chi connectivity index (χ0n) is 19.1. The number of carbonyl (C=O) groups is 3. The number of nitrogens with zero attached hydrogens (tertiary/aromatic N) is 2. The smallest absolute Gasteiger partial charge is 0.308 e. The van der Waals surface area contributed by atoms with Crippen molar-refractivity contribution in [3.63, 3.8) is 0 Å². The normalized spacial score (nSPS) is 34.1. The number of hydrogen-bond donors (Lipinski definition) is 2. The number of amides is 2. The molecule has 1 spiro atoms. The Morgan fingerprint density at radius 3 is 2.66 bits per heavy atom. The summed E-state index contributed by atoms with van der Waals surface area (Å²) in [5.41, 5.74) is 0. The number of hydrogen-bond acceptors (Lipinski definition) is 5. The third-order valence-corrected chi connectivity index (χ3v) is 10.3. The molecule has 3 saturated heterocycles. The Hall–Kier alpha value is -1.06. The van der Waals surface area contributed by atoms with E-state index in [2.05, 4.69) is 29.4 Å². The van der Waals surface area contributed by atoms with Gasteiger partial charge in [-0.2, -0.15) is 0 Å². The fraction of sp³-hybridized carbons (Fsp3) is 0.783. The molecule has 2 N–H and O–H groups in total. The lowest BCUT2D eigenvalue weighted by molar-refractivity contribution is -0.150. The fourth-order valence-corrected chi connectivity index (χ4v) is 9.40. The van der Waals surface area contributed by atoms with Crippen molar-refractivity contribution in [1.82, 2.24) is 9.80 Å². The van der Waals surface area contributed by atoms with Gasteiger partial charge in [-0.1, -0.05) is 49.2 Å². The first kappa shape index (κ1) is 25.6. The van der Waals surface area contributed by atoms with Crippen LogP contribution in [0.25, 0.3) is 0 Å². The predicted molar refractivity (Wildman–Crippen MR) is 129 cm³/mol. The van der Waals surface area contributed by atoms with Crippen LogP contribution in [0.4, 0.5) is 0 Å². The molecule has 7 atom stereocenters. The van der Waals surface area contributed by atoms with E-state index in [0.717, 1.165) is 12.8 Å². The summed E-state index contributed by atoms with van der Waals surface area (Å²) in [6.07, 6.45) is 4.56. The van der Waals surface area contributed by atoms with Crippen molar-refractivity contribution in [3.8, 4) is 0 Å². The van der Waals surface area contributed by atoms with Crippen molar-refractivity contribution in [1.29, 1.82) is 0 Å². The molecule has 32 heavy (non-hydrogen) atoms. The number of thioether (sulfide) groups is 1. The van der Waals surface area contributed by atoms with Crippen molar-refractivity contribution in [3.05, 3.63) is 12.7 Å². The van der Waals surface area contributed by atoms with Gasteiger partial charge in [0.1, 0.15) is 6.04 Å². The molecule has 0 aliphatic carbocycles. The number of alkyl halides is 1. The maximum Gasteiger partial charge on any atom is 0.308 e. The second-order valence-corrected chi connectivity index (χ2v) is 12.4. The van der Waals surface area contributed by atoms with Gasteiger partial charge in [0.05, 0.1) is 29.2 Å². The first-order valence-electron chi connectivity index (χ1n) is 11.5. The van der Waals surface area contributed by atoms with Crippen molar-refractivity contribution >= 4 is 45.5 Å². The lowest BCUT2D eigenvalue weighted by Crippen LogP contribution is -2.58. The number of rotatable bonds is 11. The largest absolute Gasteiger partial charge is 0.481 e. The van der Waals surface area contributed by atoms with Crippen molar-refractivity contribution in [2.24, 2.45) is 17.8 Å². The topological polar surface area (TPSA) is 98.2 Å². The maximum absolute atomic E-state index is 14.0. The van der Waals surface area contributed by atoms with E-state index < -0.39 is 34.6 Å². The zero-order chi connectivity index (χ0) is 23.8. The Balaban J connectivity index is 2.10. The summed E-state index contributed by atoms with van der Waals surface area (Å²) in [6.45, 7) is 10.6. The highest BCUT2D eigenvalue weighted by molar-refractivity contribution is 9.09. The van der Waals surface area contributed by atoms with E-state index >= 15 is 0 Å². The van der Waals surface area contributed by atoms with Crippen LogP contribution in [0, 0.1) is 17.8 Å². The van der Waals surface area contributed by atoms with E-state index in [0.29, 0.717) is 25.9 Å². The minimum Gasteiger partial charge on any atom is -0.481 e. The van der Waals surface area contributed by atoms with Crippen molar-refractivity contribution in [2.75, 3.05) is 19.7 Å². The van der Waals surface area contributed by atoms with Gasteiger partial charge in [-0.05, 0) is 25.2 Å². The molecule has 3 rings (SSSR count). The molecule has 2 bridgehead atoms. The molecule has 3 unspecified atom stereocenters. The first-order valence-corrected chi connectivity index (χ1v) is 13.3. The second-order valence-electron chi connectivity index (χ2n) is 9.64. The van der Waals surface area contributed by atoms with Crippen LogP contribution in [0.5, 0.6) is 0 Å². The van der Waals surface area contributed by atoms with Crippen LogP contribution in [0.2, 0.25) is 0 Å². The maximum atomic E-state index is 14.0. The van der Waals surface area contributed by atoms with Gasteiger partial charge in [-0.25, -0.2) is 0 Å². The SMILES string of the molecule is C=CCN(CCCC)C(=O)C1N([C@@H](CO)CC(C)C)C(=O)[C@@H]2[C@H](C(=O)O)[C@H]3SC12CC3Br. The summed E-state index contributed by atoms with van der Waals surface area (Å²) in [6, 6.07) is -1.30. The number of aliphatic hydroxyl groups excluding tert-OH is 1. The molecule has 3 fully saturated rings. The molecular formula is C23H35BrN2O5S. The average Bonchev–Trinajstić information content (AvgIpc) is 3.32. The van der Waals surface area contributed by atoms with E-state index in [1.54, 1.807) is 15.9 Å². The van der Waals surface area contributed by atoms with Crippen LogP contribution >= 0.6 is 27.7 Å². The number of aliphatic hydroxyl groups is 1. The highest BCUT2D eigenvalue weighted by atomic mass is 79.9. The molecular weight excluding hydrogens is 496 g/mol. The number of aliphatic carboxylic acids is 1. The Bertz CT molecular complexity index is 765. The molecule has 0 aromatic heterocycles. The van der Waals surface area contributed by atoms with Crippen LogP contribution < -0.4 is 0 Å². The van der Waals surface area contributed by atoms with E-state index in [4.69, 9.17) is 0 Å². The molecule has 2 amide bonds. The molecule has 3 aliphatic rings. The van der Waals surface area contributed by atoms with Crippen molar-refractivity contribution in [2.45, 2.75) is 73.4 Å². The molecule has 7 nitrogen and oxygen atoms in total. The summed E-state index contributed by atoms with van der Waals surface area (Å²) in [4.78, 5) is 43.3. The van der Waals surface area contributed by atoms with Crippen LogP contribution in [-0.4, -0.2) is 84.4 Å². The predicted octanol–water partition coefficient (Wildman–Crippen LogP) is 2.76. The molecule has 0 radical (unpaired) electrons. The third-order valence-electron chi connectivity index (χ3n) is 7.04. The number of carboxylic acid groups (broad SMARTS) is 1. The molecule has 0 aromatic carbocycles. The highest BCUT2D eigenvalue weighted by Crippen LogP contribution is 2.68. The van der Waals surface area contributed by atoms with E-state index in [-0.39, 0.29) is 34.4 Å². The van der Waals surface area contributed by atoms with E-state index in [1.807, 2.05) is 13.8 Å². The minimum absolute atomic E-state index is 0.0749. The number of fused-ring (bicyclic) bond motifs is 1. The summed E-state index contributed by atoms with van der Waals surface area (Å²) in [5, 5.41) is 20.0. The van der Waals surface area contributed by atoms with E-state index in [1.165, 1.54) is 11.8 Å². The standard InChI is InChI=1S/C23H35BrN2O5S/c1-5-7-9-25(8-6-2)21(29)19-23-11-15(24)18(32-23)16(22(30)31)17(23)20(28)26(19)14(12-27)10-13(3)4/h6,13-19,27H,2,5,7-12H2,1,3-4H3,(H,30,31)/t14-,15?,16+,17+,18+,19?,23?/m1/s1. The van der Waals surface area contributed by atoms with Gasteiger partial charge < -0.3 is 20.0 Å². The van der Waals surface area contributed by atoms with Crippen LogP contribution in [0.3, 0.4) is 0 Å². The van der Waals surface area contributed by atoms with Gasteiger partial charge in [0.15, 0.2) is 0 Å². The summed E-state index contributed by atoms with van der Waals surface area (Å²) >= 11 is 5.15. The number of carbonyl (C=O) groups excluding carboxylic acids is 2. The molecule has 3 aliphatic heterocycles. The monoisotopic (exact) mass is 530 g/mol. The number of halogens is 1. The first-order chi connectivity index (χ1) is 15.1. The lowest BCUT2D eigenvalue weighted by Gasteiger charge is -2.40. The Labute approximate surface area is 203 Å². The van der Waals surface area contributed by atoms with Gasteiger partial charge in [0.25, 0.3) is 0 Å². The van der Waals surface area contributed by atoms with Crippen LogP contribution in [0.1, 0.15) is 46.5 Å². The summed E-state index contributed by atoms with van der Waals surface area (Å²) in [5.74, 6) is -2.82. The molecule has 3 heterocycles. The quantitative estimate of drug-likeness (QED) is 0.314. The molecule has 0 aromatic rings. The minimum atomic E-state index is -0.988. The molecule has 180 valence electrons. The third kappa shape index (κ3) is 4.13. The average molecular weight is 532 g/mol. The fourth-order valence-electron chi connectivity index (χ4n) is 5.81. The van der Waals surface area contributed by atoms with Crippen molar-refractivity contribution < 1.29 is 24.6 Å². The number of unbranched alkanes of at least 4 members (excludes halogenated alkanes) is 1. The number of likely N-dealkylation sites (tertiary alicyclic amines) is 1. The summed E-state index contributed by atoms with van der Waals surface area (Å²) < 4.78 is -0.800. The molecule has 0 saturated carbocycles. The van der Waals surface area contributed by atoms with Crippen LogP contribution in [0.15, 0.2) is 12.7 Å². The van der Waals surface area contributed by atoms with Gasteiger partial charge in [0, 0.05) is 23.2 Å². The Morgan fingerprint density at radius 2 is 2.12 bits per heavy atom. The van der Waals surface area contributed by atoms with Gasteiger partial charge >= 0.3 is 5.97 Å². The van der Waals surface area contributed by atoms with Gasteiger partial charge in [-0.15, -0.1) is 18.3 Å². The number of carboxylic acids is 1. The lowest BCUT2D eigenvalue weighted by atomic mass is 9.71. The summed E-state index contributed by atoms with van der Waals surface area (Å²) in [7, 11) is 0. The zero-order valence-corrected chi connectivity index (χ0v) is 21.5. The van der Waals surface area contributed by atoms with E-state index in [9.17, 15) is 24.6 Å². The van der Waals surface area contributed by atoms with Gasteiger partial charge in [-0.3, -0.25) is 14.4 Å². The molecule has 9 heteroatoms. The van der Waals surface area contributed by atoms with Gasteiger partial charge in [0.2, 0.25) is 11.8 Å². The second kappa shape index (κ2) is 10.1. The Kier molecular flexibility index (Phi) is 8.03. The van der Waals surface area contributed by atoms with Crippen LogP contribution in [-0.2, 0) is 14.4 Å². The highest BCUT2D eigenvalue weighted by Gasteiger charge is 2.76.